The van der Waals surface area contributed by atoms with Crippen molar-refractivity contribution in [3.8, 4) is 0 Å². The summed E-state index contributed by atoms with van der Waals surface area (Å²) in [7, 11) is 2.11. The Morgan fingerprint density at radius 2 is 1.74 bits per heavy atom. The maximum atomic E-state index is 3.46. The zero-order valence-electron chi connectivity index (χ0n) is 13.5. The van der Waals surface area contributed by atoms with Gasteiger partial charge in [0, 0.05) is 19.1 Å². The average Bonchev–Trinajstić information content (AvgIpc) is 2.38. The highest BCUT2D eigenvalue weighted by Crippen LogP contribution is 2.40. The van der Waals surface area contributed by atoms with E-state index in [1.807, 2.05) is 0 Å². The van der Waals surface area contributed by atoms with E-state index in [4.69, 9.17) is 0 Å². The van der Waals surface area contributed by atoms with Crippen molar-refractivity contribution in [2.75, 3.05) is 26.7 Å². The van der Waals surface area contributed by atoms with E-state index in [0.29, 0.717) is 5.41 Å². The first-order chi connectivity index (χ1) is 8.99. The standard InChI is InChI=1S/C17H34N2/c1-17(2,3)15-9-7-14(8-10-15)12-19-11-5-6-16(13-19)18-4/h14-16,18H,5-13H2,1-4H3. The summed E-state index contributed by atoms with van der Waals surface area (Å²) in [6.45, 7) is 11.2. The molecule has 1 saturated heterocycles. The number of hydrogen-bond donors (Lipinski definition) is 1. The SMILES string of the molecule is CNC1CCCN(CC2CCC(C(C)(C)C)CC2)C1. The van der Waals surface area contributed by atoms with E-state index >= 15 is 0 Å². The van der Waals surface area contributed by atoms with Crippen LogP contribution in [0.1, 0.15) is 59.3 Å². The van der Waals surface area contributed by atoms with Crippen LogP contribution in [0, 0.1) is 17.3 Å². The summed E-state index contributed by atoms with van der Waals surface area (Å²) in [5, 5.41) is 3.46. The van der Waals surface area contributed by atoms with Gasteiger partial charge in [0.05, 0.1) is 0 Å². The summed E-state index contributed by atoms with van der Waals surface area (Å²) < 4.78 is 0. The van der Waals surface area contributed by atoms with Crippen LogP contribution in [0.15, 0.2) is 0 Å². The fourth-order valence-electron chi connectivity index (χ4n) is 4.03. The molecule has 1 heterocycles. The highest BCUT2D eigenvalue weighted by atomic mass is 15.2. The molecule has 0 amide bonds. The van der Waals surface area contributed by atoms with Gasteiger partial charge < -0.3 is 10.2 Å². The molecule has 2 aliphatic rings. The first-order valence-electron chi connectivity index (χ1n) is 8.38. The third kappa shape index (κ3) is 4.46. The van der Waals surface area contributed by atoms with Crippen molar-refractivity contribution in [1.29, 1.82) is 0 Å². The molecule has 19 heavy (non-hydrogen) atoms. The van der Waals surface area contributed by atoms with E-state index in [0.717, 1.165) is 17.9 Å². The van der Waals surface area contributed by atoms with Crippen molar-refractivity contribution < 1.29 is 0 Å². The van der Waals surface area contributed by atoms with Crippen LogP contribution in [0.25, 0.3) is 0 Å². The molecule has 1 aliphatic heterocycles. The molecule has 1 N–H and O–H groups in total. The van der Waals surface area contributed by atoms with E-state index in [1.165, 1.54) is 58.2 Å². The van der Waals surface area contributed by atoms with Crippen molar-refractivity contribution >= 4 is 0 Å². The van der Waals surface area contributed by atoms with Gasteiger partial charge in [-0.2, -0.15) is 0 Å². The average molecular weight is 266 g/mol. The first-order valence-corrected chi connectivity index (χ1v) is 8.38. The number of piperidine rings is 1. The van der Waals surface area contributed by atoms with Gasteiger partial charge in [0.15, 0.2) is 0 Å². The van der Waals surface area contributed by atoms with E-state index in [-0.39, 0.29) is 0 Å². The van der Waals surface area contributed by atoms with Crippen LogP contribution >= 0.6 is 0 Å². The Labute approximate surface area is 120 Å². The van der Waals surface area contributed by atoms with Gasteiger partial charge in [-0.25, -0.2) is 0 Å². The minimum absolute atomic E-state index is 0.521. The van der Waals surface area contributed by atoms with Crippen LogP contribution in [-0.2, 0) is 0 Å². The van der Waals surface area contributed by atoms with Crippen molar-refractivity contribution in [3.05, 3.63) is 0 Å². The quantitative estimate of drug-likeness (QED) is 0.841. The van der Waals surface area contributed by atoms with Gasteiger partial charge in [-0.3, -0.25) is 0 Å². The molecule has 1 unspecified atom stereocenters. The monoisotopic (exact) mass is 266 g/mol. The second kappa shape index (κ2) is 6.58. The maximum Gasteiger partial charge on any atom is 0.0192 e. The fourth-order valence-corrected chi connectivity index (χ4v) is 4.03. The Morgan fingerprint density at radius 3 is 2.32 bits per heavy atom. The zero-order chi connectivity index (χ0) is 13.9. The number of likely N-dealkylation sites (N-methyl/N-ethyl adjacent to an activating group) is 1. The first kappa shape index (κ1) is 15.3. The van der Waals surface area contributed by atoms with Gasteiger partial charge in [0.25, 0.3) is 0 Å². The lowest BCUT2D eigenvalue weighted by atomic mass is 9.70. The molecular weight excluding hydrogens is 232 g/mol. The second-order valence-electron chi connectivity index (χ2n) is 7.97. The van der Waals surface area contributed by atoms with Crippen molar-refractivity contribution in [2.45, 2.75) is 65.3 Å². The van der Waals surface area contributed by atoms with Gasteiger partial charge in [0.2, 0.25) is 0 Å². The summed E-state index contributed by atoms with van der Waals surface area (Å²) >= 11 is 0. The van der Waals surface area contributed by atoms with Gasteiger partial charge in [-0.15, -0.1) is 0 Å². The van der Waals surface area contributed by atoms with Crippen LogP contribution in [-0.4, -0.2) is 37.6 Å². The molecule has 2 heteroatoms. The molecular formula is C17H34N2. The van der Waals surface area contributed by atoms with Crippen molar-refractivity contribution in [3.63, 3.8) is 0 Å². The van der Waals surface area contributed by atoms with Gasteiger partial charge >= 0.3 is 0 Å². The van der Waals surface area contributed by atoms with Crippen LogP contribution < -0.4 is 5.32 Å². The molecule has 2 nitrogen and oxygen atoms in total. The molecule has 0 aromatic carbocycles. The maximum absolute atomic E-state index is 3.46. The number of hydrogen-bond acceptors (Lipinski definition) is 2. The predicted molar refractivity (Wildman–Crippen MR) is 83.4 cm³/mol. The fraction of sp³-hybridized carbons (Fsp3) is 1.00. The van der Waals surface area contributed by atoms with Gasteiger partial charge in [0.1, 0.15) is 0 Å². The molecule has 0 aromatic rings. The Hall–Kier alpha value is -0.0800. The summed E-state index contributed by atoms with van der Waals surface area (Å²) in [4.78, 5) is 2.72. The van der Waals surface area contributed by atoms with Crippen molar-refractivity contribution in [2.24, 2.45) is 17.3 Å². The highest BCUT2D eigenvalue weighted by molar-refractivity contribution is 4.84. The van der Waals surface area contributed by atoms with Crippen molar-refractivity contribution in [1.82, 2.24) is 10.2 Å². The molecule has 2 fully saturated rings. The molecule has 112 valence electrons. The number of likely N-dealkylation sites (tertiary alicyclic amines) is 1. The zero-order valence-corrected chi connectivity index (χ0v) is 13.5. The second-order valence-corrected chi connectivity index (χ2v) is 7.97. The smallest absolute Gasteiger partial charge is 0.0192 e. The Kier molecular flexibility index (Phi) is 5.30. The predicted octanol–water partition coefficient (Wildman–Crippen LogP) is 3.52. The molecule has 1 aliphatic carbocycles. The highest BCUT2D eigenvalue weighted by Gasteiger charge is 2.30. The number of rotatable bonds is 3. The van der Waals surface area contributed by atoms with E-state index in [9.17, 15) is 0 Å². The van der Waals surface area contributed by atoms with E-state index < -0.39 is 0 Å². The molecule has 0 spiro atoms. The number of nitrogens with one attached hydrogen (secondary N) is 1. The lowest BCUT2D eigenvalue weighted by Gasteiger charge is -2.40. The minimum atomic E-state index is 0.521. The summed E-state index contributed by atoms with van der Waals surface area (Å²) in [6, 6.07) is 0.736. The summed E-state index contributed by atoms with van der Waals surface area (Å²) in [5.41, 5.74) is 0.521. The largest absolute Gasteiger partial charge is 0.316 e. The molecule has 1 atom stereocenters. The normalized spacial score (nSPS) is 34.4. The molecule has 0 aromatic heterocycles. The van der Waals surface area contributed by atoms with Crippen LogP contribution in [0.2, 0.25) is 0 Å². The molecule has 1 saturated carbocycles. The lowest BCUT2D eigenvalue weighted by molar-refractivity contribution is 0.109. The van der Waals surface area contributed by atoms with Crippen LogP contribution in [0.4, 0.5) is 0 Å². The van der Waals surface area contributed by atoms with Crippen LogP contribution in [0.3, 0.4) is 0 Å². The van der Waals surface area contributed by atoms with Gasteiger partial charge in [-0.05, 0) is 69.4 Å². The Morgan fingerprint density at radius 1 is 1.05 bits per heavy atom. The third-order valence-corrected chi connectivity index (χ3v) is 5.50. The Bertz CT molecular complexity index is 261. The van der Waals surface area contributed by atoms with E-state index in [2.05, 4.69) is 38.0 Å². The number of nitrogens with zero attached hydrogens (tertiary/aromatic N) is 1. The molecule has 2 rings (SSSR count). The van der Waals surface area contributed by atoms with Crippen LogP contribution in [0.5, 0.6) is 0 Å². The molecule has 0 bridgehead atoms. The van der Waals surface area contributed by atoms with Gasteiger partial charge in [-0.1, -0.05) is 20.8 Å². The van der Waals surface area contributed by atoms with E-state index in [1.54, 1.807) is 0 Å². The lowest BCUT2D eigenvalue weighted by Crippen LogP contribution is -2.46. The third-order valence-electron chi connectivity index (χ3n) is 5.50. The Balaban J connectivity index is 1.73. The topological polar surface area (TPSA) is 15.3 Å². The molecule has 0 radical (unpaired) electrons. The summed E-state index contributed by atoms with van der Waals surface area (Å²) in [5.74, 6) is 1.92. The minimum Gasteiger partial charge on any atom is -0.316 e. The summed E-state index contributed by atoms with van der Waals surface area (Å²) in [6.07, 6.45) is 8.58.